The van der Waals surface area contributed by atoms with Crippen LogP contribution < -0.4 is 10.9 Å². The van der Waals surface area contributed by atoms with Gasteiger partial charge in [0.15, 0.2) is 0 Å². The molecule has 1 aliphatic heterocycles. The number of aromatic nitrogens is 2. The Morgan fingerprint density at radius 3 is 3.00 bits per heavy atom. The molecule has 1 unspecified atom stereocenters. The van der Waals surface area contributed by atoms with Crippen molar-refractivity contribution in [1.29, 1.82) is 0 Å². The van der Waals surface area contributed by atoms with E-state index in [1.807, 2.05) is 0 Å². The Labute approximate surface area is 180 Å². The first-order valence-electron chi connectivity index (χ1n) is 9.65. The van der Waals surface area contributed by atoms with E-state index in [1.54, 1.807) is 29.9 Å². The molecule has 1 amide bonds. The molecule has 158 valence electrons. The largest absolute Gasteiger partial charge is 0.462 e. The smallest absolute Gasteiger partial charge is 0.341 e. The maximum absolute atomic E-state index is 13.0. The predicted molar refractivity (Wildman–Crippen MR) is 116 cm³/mol. The molecular weight excluding hydrogens is 426 g/mol. The van der Waals surface area contributed by atoms with Crippen LogP contribution in [0.4, 0.5) is 5.00 Å². The number of thiophene rings is 2. The molecule has 8 nitrogen and oxygen atoms in total. The van der Waals surface area contributed by atoms with Crippen molar-refractivity contribution in [3.05, 3.63) is 44.1 Å². The zero-order chi connectivity index (χ0) is 21.3. The quantitative estimate of drug-likeness (QED) is 0.581. The van der Waals surface area contributed by atoms with Gasteiger partial charge in [-0.05, 0) is 43.7 Å². The maximum Gasteiger partial charge on any atom is 0.341 e. The summed E-state index contributed by atoms with van der Waals surface area (Å²) in [5, 5.41) is 5.35. The van der Waals surface area contributed by atoms with Gasteiger partial charge in [-0.3, -0.25) is 14.2 Å². The standard InChI is InChI=1S/C20H21N3O5S2/c1-3-27-20(26)13-6-8-29-17(13)22-16(24)15-11(2)14-18(30-15)21-10-23(19(14)25)9-12-5-4-7-28-12/h6,8,10,12H,3-5,7,9H2,1-2H3,(H,22,24). The highest BCUT2D eigenvalue weighted by Gasteiger charge is 2.23. The summed E-state index contributed by atoms with van der Waals surface area (Å²) in [4.78, 5) is 43.2. The fourth-order valence-electron chi connectivity index (χ4n) is 3.45. The first kappa shape index (κ1) is 20.7. The number of carbonyl (C=O) groups is 2. The molecule has 0 aliphatic carbocycles. The number of carbonyl (C=O) groups excluding carboxylic acids is 2. The second-order valence-electron chi connectivity index (χ2n) is 6.91. The van der Waals surface area contributed by atoms with Gasteiger partial charge < -0.3 is 14.8 Å². The van der Waals surface area contributed by atoms with Crippen molar-refractivity contribution in [2.45, 2.75) is 39.3 Å². The van der Waals surface area contributed by atoms with Crippen LogP contribution in [0.3, 0.4) is 0 Å². The van der Waals surface area contributed by atoms with Crippen molar-refractivity contribution in [2.24, 2.45) is 0 Å². The summed E-state index contributed by atoms with van der Waals surface area (Å²) < 4.78 is 12.2. The second kappa shape index (κ2) is 8.66. The summed E-state index contributed by atoms with van der Waals surface area (Å²) >= 11 is 2.40. The topological polar surface area (TPSA) is 99.5 Å². The van der Waals surface area contributed by atoms with Gasteiger partial charge in [0.1, 0.15) is 9.83 Å². The Kier molecular flexibility index (Phi) is 5.98. The number of rotatable bonds is 6. The maximum atomic E-state index is 13.0. The number of nitrogens with zero attached hydrogens (tertiary/aromatic N) is 2. The van der Waals surface area contributed by atoms with E-state index in [9.17, 15) is 14.4 Å². The lowest BCUT2D eigenvalue weighted by molar-refractivity contribution is 0.0528. The van der Waals surface area contributed by atoms with Crippen LogP contribution >= 0.6 is 22.7 Å². The Bertz CT molecular complexity index is 1160. The lowest BCUT2D eigenvalue weighted by atomic mass is 10.2. The Morgan fingerprint density at radius 1 is 1.43 bits per heavy atom. The highest BCUT2D eigenvalue weighted by molar-refractivity contribution is 7.21. The van der Waals surface area contributed by atoms with Gasteiger partial charge >= 0.3 is 5.97 Å². The summed E-state index contributed by atoms with van der Waals surface area (Å²) in [5.41, 5.74) is 0.721. The molecule has 0 aromatic carbocycles. The van der Waals surface area contributed by atoms with Gasteiger partial charge in [0, 0.05) is 6.61 Å². The van der Waals surface area contributed by atoms with E-state index in [4.69, 9.17) is 9.47 Å². The number of aryl methyl sites for hydroxylation is 1. The van der Waals surface area contributed by atoms with E-state index in [0.29, 0.717) is 44.4 Å². The lowest BCUT2D eigenvalue weighted by Crippen LogP contribution is -2.26. The van der Waals surface area contributed by atoms with Crippen LogP contribution in [0, 0.1) is 6.92 Å². The van der Waals surface area contributed by atoms with Crippen LogP contribution in [-0.4, -0.2) is 40.7 Å². The predicted octanol–water partition coefficient (Wildman–Crippen LogP) is 3.44. The fraction of sp³-hybridized carbons (Fsp3) is 0.400. The molecule has 10 heteroatoms. The van der Waals surface area contributed by atoms with Gasteiger partial charge in [-0.1, -0.05) is 0 Å². The molecule has 1 N–H and O–H groups in total. The number of anilines is 1. The average molecular weight is 448 g/mol. The van der Waals surface area contributed by atoms with E-state index < -0.39 is 5.97 Å². The molecule has 4 heterocycles. The fourth-order valence-corrected chi connectivity index (χ4v) is 5.25. The molecule has 0 saturated carbocycles. The van der Waals surface area contributed by atoms with Gasteiger partial charge in [0.25, 0.3) is 11.5 Å². The van der Waals surface area contributed by atoms with Crippen molar-refractivity contribution in [2.75, 3.05) is 18.5 Å². The molecule has 30 heavy (non-hydrogen) atoms. The number of ether oxygens (including phenoxy) is 2. The highest BCUT2D eigenvalue weighted by Crippen LogP contribution is 2.30. The molecule has 0 radical (unpaired) electrons. The number of amides is 1. The molecule has 4 rings (SSSR count). The zero-order valence-corrected chi connectivity index (χ0v) is 18.2. The monoisotopic (exact) mass is 447 g/mol. The SMILES string of the molecule is CCOC(=O)c1ccsc1NC(=O)c1sc2ncn(CC3CCCO3)c(=O)c2c1C. The van der Waals surface area contributed by atoms with Crippen LogP contribution in [0.25, 0.3) is 10.2 Å². The van der Waals surface area contributed by atoms with Crippen LogP contribution in [0.5, 0.6) is 0 Å². The minimum atomic E-state index is -0.485. The third-order valence-electron chi connectivity index (χ3n) is 4.94. The van der Waals surface area contributed by atoms with Crippen LogP contribution in [0.1, 0.15) is 45.4 Å². The van der Waals surface area contributed by atoms with Gasteiger partial charge in [-0.2, -0.15) is 0 Å². The molecule has 1 aliphatic rings. The van der Waals surface area contributed by atoms with Gasteiger partial charge in [0.2, 0.25) is 0 Å². The highest BCUT2D eigenvalue weighted by atomic mass is 32.1. The molecule has 3 aromatic rings. The van der Waals surface area contributed by atoms with Crippen molar-refractivity contribution >= 4 is 49.8 Å². The van der Waals surface area contributed by atoms with Crippen molar-refractivity contribution in [3.8, 4) is 0 Å². The van der Waals surface area contributed by atoms with E-state index in [1.165, 1.54) is 17.7 Å². The minimum absolute atomic E-state index is 0.0174. The first-order chi connectivity index (χ1) is 14.5. The van der Waals surface area contributed by atoms with E-state index in [0.717, 1.165) is 24.2 Å². The molecule has 1 atom stereocenters. The number of nitrogens with one attached hydrogen (secondary N) is 1. The van der Waals surface area contributed by atoms with Gasteiger partial charge in [0.05, 0.1) is 41.4 Å². The van der Waals surface area contributed by atoms with Crippen LogP contribution in [0.15, 0.2) is 22.6 Å². The minimum Gasteiger partial charge on any atom is -0.462 e. The molecule has 3 aromatic heterocycles. The Hall–Kier alpha value is -2.56. The second-order valence-corrected chi connectivity index (χ2v) is 8.83. The Balaban J connectivity index is 1.62. The van der Waals surface area contributed by atoms with E-state index >= 15 is 0 Å². The summed E-state index contributed by atoms with van der Waals surface area (Å²) in [6.45, 7) is 4.89. The Morgan fingerprint density at radius 2 is 2.27 bits per heavy atom. The van der Waals surface area contributed by atoms with Gasteiger partial charge in [-0.15, -0.1) is 22.7 Å². The van der Waals surface area contributed by atoms with Gasteiger partial charge in [-0.25, -0.2) is 9.78 Å². The first-order valence-corrected chi connectivity index (χ1v) is 11.3. The third-order valence-corrected chi connectivity index (χ3v) is 6.96. The summed E-state index contributed by atoms with van der Waals surface area (Å²) in [7, 11) is 0. The zero-order valence-electron chi connectivity index (χ0n) is 16.6. The van der Waals surface area contributed by atoms with Crippen LogP contribution in [-0.2, 0) is 16.0 Å². The number of hydrogen-bond acceptors (Lipinski definition) is 8. The lowest BCUT2D eigenvalue weighted by Gasteiger charge is -2.11. The molecular formula is C20H21N3O5S2. The van der Waals surface area contributed by atoms with Crippen molar-refractivity contribution < 1.29 is 19.1 Å². The molecule has 0 spiro atoms. The van der Waals surface area contributed by atoms with Crippen molar-refractivity contribution in [3.63, 3.8) is 0 Å². The van der Waals surface area contributed by atoms with E-state index in [2.05, 4.69) is 10.3 Å². The molecule has 1 fully saturated rings. The summed E-state index contributed by atoms with van der Waals surface area (Å²) in [6.07, 6.45) is 3.45. The average Bonchev–Trinajstić information content (AvgIpc) is 3.45. The number of fused-ring (bicyclic) bond motifs is 1. The molecule has 1 saturated heterocycles. The van der Waals surface area contributed by atoms with Crippen molar-refractivity contribution in [1.82, 2.24) is 9.55 Å². The molecule has 0 bridgehead atoms. The summed E-state index contributed by atoms with van der Waals surface area (Å²) in [6, 6.07) is 1.61. The summed E-state index contributed by atoms with van der Waals surface area (Å²) in [5.74, 6) is -0.866. The number of esters is 1. The normalized spacial score (nSPS) is 16.1. The van der Waals surface area contributed by atoms with E-state index in [-0.39, 0.29) is 24.2 Å². The third kappa shape index (κ3) is 3.90. The van der Waals surface area contributed by atoms with Crippen LogP contribution in [0.2, 0.25) is 0 Å². The number of hydrogen-bond donors (Lipinski definition) is 1.